The molecular formula is C14H20N4O. The molecule has 5 heteroatoms. The molecular weight excluding hydrogens is 240 g/mol. The van der Waals surface area contributed by atoms with E-state index in [-0.39, 0.29) is 0 Å². The summed E-state index contributed by atoms with van der Waals surface area (Å²) in [7, 11) is 0. The van der Waals surface area contributed by atoms with Crippen LogP contribution in [0, 0.1) is 6.92 Å². The van der Waals surface area contributed by atoms with Crippen molar-refractivity contribution in [1.29, 1.82) is 0 Å². The number of hydrogen-bond donors (Lipinski definition) is 1. The van der Waals surface area contributed by atoms with Gasteiger partial charge in [-0.15, -0.1) is 0 Å². The maximum absolute atomic E-state index is 5.24. The zero-order chi connectivity index (χ0) is 13.7. The summed E-state index contributed by atoms with van der Waals surface area (Å²) in [5.74, 6) is 1.24. The Labute approximate surface area is 113 Å². The quantitative estimate of drug-likeness (QED) is 0.808. The lowest BCUT2D eigenvalue weighted by Crippen LogP contribution is -2.23. The fraction of sp³-hybridized carbons (Fsp3) is 0.500. The van der Waals surface area contributed by atoms with Gasteiger partial charge in [-0.3, -0.25) is 4.98 Å². The van der Waals surface area contributed by atoms with Crippen molar-refractivity contribution in [3.05, 3.63) is 29.8 Å². The van der Waals surface area contributed by atoms with Crippen LogP contribution in [0.15, 0.2) is 22.9 Å². The molecule has 2 aromatic heterocycles. The van der Waals surface area contributed by atoms with E-state index in [9.17, 15) is 0 Å². The molecule has 2 aromatic rings. The third kappa shape index (κ3) is 4.13. The zero-order valence-electron chi connectivity index (χ0n) is 11.7. The molecule has 0 bridgehead atoms. The lowest BCUT2D eigenvalue weighted by molar-refractivity contribution is 0.374. The van der Waals surface area contributed by atoms with Gasteiger partial charge in [0.2, 0.25) is 11.7 Å². The molecule has 0 aliphatic heterocycles. The Balaban J connectivity index is 1.92. The third-order valence-electron chi connectivity index (χ3n) is 2.73. The Bertz CT molecular complexity index is 522. The van der Waals surface area contributed by atoms with Gasteiger partial charge in [-0.25, -0.2) is 0 Å². The molecule has 0 radical (unpaired) electrons. The van der Waals surface area contributed by atoms with E-state index >= 15 is 0 Å². The SMILES string of the molecule is Cc1ccnc(-c2noc(CCCNC(C)C)n2)c1. The predicted molar refractivity (Wildman–Crippen MR) is 73.7 cm³/mol. The molecule has 0 atom stereocenters. The molecule has 0 aliphatic rings. The van der Waals surface area contributed by atoms with Gasteiger partial charge in [0.25, 0.3) is 0 Å². The molecule has 0 unspecified atom stereocenters. The Hall–Kier alpha value is -1.75. The Kier molecular flexibility index (Phi) is 4.63. The average Bonchev–Trinajstić information content (AvgIpc) is 2.83. The normalized spacial score (nSPS) is 11.2. The largest absolute Gasteiger partial charge is 0.339 e. The second-order valence-corrected chi connectivity index (χ2v) is 4.94. The number of rotatable bonds is 6. The van der Waals surface area contributed by atoms with E-state index in [0.29, 0.717) is 17.8 Å². The fourth-order valence-corrected chi connectivity index (χ4v) is 1.75. The highest BCUT2D eigenvalue weighted by Gasteiger charge is 2.09. The molecule has 0 amide bonds. The van der Waals surface area contributed by atoms with Crippen LogP contribution in [-0.4, -0.2) is 27.7 Å². The van der Waals surface area contributed by atoms with Gasteiger partial charge in [0, 0.05) is 18.7 Å². The summed E-state index contributed by atoms with van der Waals surface area (Å²) in [5, 5.41) is 7.33. The molecule has 0 aromatic carbocycles. The van der Waals surface area contributed by atoms with Crippen LogP contribution in [0.3, 0.4) is 0 Å². The van der Waals surface area contributed by atoms with Gasteiger partial charge >= 0.3 is 0 Å². The van der Waals surface area contributed by atoms with Crippen molar-refractivity contribution < 1.29 is 4.52 Å². The minimum absolute atomic E-state index is 0.509. The van der Waals surface area contributed by atoms with E-state index < -0.39 is 0 Å². The van der Waals surface area contributed by atoms with Crippen LogP contribution in [-0.2, 0) is 6.42 Å². The van der Waals surface area contributed by atoms with Crippen molar-refractivity contribution in [2.24, 2.45) is 0 Å². The zero-order valence-corrected chi connectivity index (χ0v) is 11.7. The van der Waals surface area contributed by atoms with Crippen molar-refractivity contribution in [2.75, 3.05) is 6.54 Å². The van der Waals surface area contributed by atoms with E-state index in [1.54, 1.807) is 6.20 Å². The molecule has 0 saturated carbocycles. The number of nitrogens with one attached hydrogen (secondary N) is 1. The van der Waals surface area contributed by atoms with Gasteiger partial charge < -0.3 is 9.84 Å². The maximum atomic E-state index is 5.24. The first kappa shape index (κ1) is 13.7. The molecule has 1 N–H and O–H groups in total. The first-order valence-electron chi connectivity index (χ1n) is 6.64. The lowest BCUT2D eigenvalue weighted by atomic mass is 10.2. The van der Waals surface area contributed by atoms with Crippen LogP contribution in [0.5, 0.6) is 0 Å². The number of pyridine rings is 1. The van der Waals surface area contributed by atoms with Crippen molar-refractivity contribution >= 4 is 0 Å². The van der Waals surface area contributed by atoms with E-state index in [1.165, 1.54) is 0 Å². The molecule has 2 rings (SSSR count). The number of aryl methyl sites for hydroxylation is 2. The van der Waals surface area contributed by atoms with Crippen molar-refractivity contribution in [2.45, 2.75) is 39.7 Å². The Morgan fingerprint density at radius 3 is 2.95 bits per heavy atom. The van der Waals surface area contributed by atoms with Gasteiger partial charge in [0.05, 0.1) is 0 Å². The van der Waals surface area contributed by atoms with E-state index in [0.717, 1.165) is 30.6 Å². The maximum Gasteiger partial charge on any atom is 0.227 e. The van der Waals surface area contributed by atoms with Crippen molar-refractivity contribution in [1.82, 2.24) is 20.4 Å². The average molecular weight is 260 g/mol. The minimum atomic E-state index is 0.509. The molecule has 2 heterocycles. The summed E-state index contributed by atoms with van der Waals surface area (Å²) >= 11 is 0. The fourth-order valence-electron chi connectivity index (χ4n) is 1.75. The summed E-state index contributed by atoms with van der Waals surface area (Å²) in [5.41, 5.74) is 1.90. The standard InChI is InChI=1S/C14H20N4O/c1-10(2)15-7-4-5-13-17-14(18-19-13)12-9-11(3)6-8-16-12/h6,8-10,15H,4-5,7H2,1-3H3. The molecule has 5 nitrogen and oxygen atoms in total. The van der Waals surface area contributed by atoms with Gasteiger partial charge in [-0.2, -0.15) is 4.98 Å². The van der Waals surface area contributed by atoms with Crippen LogP contribution in [0.2, 0.25) is 0 Å². The third-order valence-corrected chi connectivity index (χ3v) is 2.73. The molecule has 102 valence electrons. The monoisotopic (exact) mass is 260 g/mol. The van der Waals surface area contributed by atoms with Crippen molar-refractivity contribution in [3.63, 3.8) is 0 Å². The number of hydrogen-bond acceptors (Lipinski definition) is 5. The molecule has 19 heavy (non-hydrogen) atoms. The highest BCUT2D eigenvalue weighted by Crippen LogP contribution is 2.14. The Morgan fingerprint density at radius 1 is 1.37 bits per heavy atom. The summed E-state index contributed by atoms with van der Waals surface area (Å²) in [4.78, 5) is 8.62. The van der Waals surface area contributed by atoms with Crippen LogP contribution in [0.1, 0.15) is 31.7 Å². The molecule has 0 aliphatic carbocycles. The van der Waals surface area contributed by atoms with Crippen LogP contribution >= 0.6 is 0 Å². The lowest BCUT2D eigenvalue weighted by Gasteiger charge is -2.05. The second-order valence-electron chi connectivity index (χ2n) is 4.94. The van der Waals surface area contributed by atoms with Gasteiger partial charge in [-0.05, 0) is 37.6 Å². The first-order valence-corrected chi connectivity index (χ1v) is 6.64. The van der Waals surface area contributed by atoms with E-state index in [1.807, 2.05) is 19.1 Å². The summed E-state index contributed by atoms with van der Waals surface area (Å²) < 4.78 is 5.24. The summed E-state index contributed by atoms with van der Waals surface area (Å²) in [6, 6.07) is 4.41. The molecule has 0 spiro atoms. The van der Waals surface area contributed by atoms with E-state index in [2.05, 4.69) is 34.3 Å². The first-order chi connectivity index (χ1) is 9.15. The topological polar surface area (TPSA) is 63.8 Å². The van der Waals surface area contributed by atoms with Crippen LogP contribution in [0.25, 0.3) is 11.5 Å². The summed E-state index contributed by atoms with van der Waals surface area (Å²) in [6.07, 6.45) is 3.53. The molecule has 0 fully saturated rings. The van der Waals surface area contributed by atoms with Gasteiger partial charge in [0.15, 0.2) is 0 Å². The smallest absolute Gasteiger partial charge is 0.227 e. The number of aromatic nitrogens is 3. The minimum Gasteiger partial charge on any atom is -0.339 e. The van der Waals surface area contributed by atoms with Gasteiger partial charge in [-0.1, -0.05) is 19.0 Å². The summed E-state index contributed by atoms with van der Waals surface area (Å²) in [6.45, 7) is 7.24. The number of nitrogens with zero attached hydrogens (tertiary/aromatic N) is 3. The highest BCUT2D eigenvalue weighted by atomic mass is 16.5. The van der Waals surface area contributed by atoms with E-state index in [4.69, 9.17) is 4.52 Å². The van der Waals surface area contributed by atoms with Gasteiger partial charge in [0.1, 0.15) is 5.69 Å². The Morgan fingerprint density at radius 2 is 2.21 bits per heavy atom. The van der Waals surface area contributed by atoms with Crippen molar-refractivity contribution in [3.8, 4) is 11.5 Å². The molecule has 0 saturated heterocycles. The second kappa shape index (κ2) is 6.43. The predicted octanol–water partition coefficient (Wildman–Crippen LogP) is 2.37. The highest BCUT2D eigenvalue weighted by molar-refractivity contribution is 5.48. The van der Waals surface area contributed by atoms with Crippen LogP contribution < -0.4 is 5.32 Å². The van der Waals surface area contributed by atoms with Crippen LogP contribution in [0.4, 0.5) is 0 Å².